The summed E-state index contributed by atoms with van der Waals surface area (Å²) in [5, 5.41) is 11.3. The highest BCUT2D eigenvalue weighted by molar-refractivity contribution is 5.44. The van der Waals surface area contributed by atoms with Gasteiger partial charge in [0.2, 0.25) is 6.79 Å². The van der Waals surface area contributed by atoms with Gasteiger partial charge in [-0.15, -0.1) is 10.2 Å². The van der Waals surface area contributed by atoms with Crippen molar-refractivity contribution < 1.29 is 9.47 Å². The lowest BCUT2D eigenvalue weighted by atomic mass is 10.2. The summed E-state index contributed by atoms with van der Waals surface area (Å²) in [6.07, 6.45) is 1.75. The van der Waals surface area contributed by atoms with E-state index in [-0.39, 0.29) is 0 Å². The van der Waals surface area contributed by atoms with Crippen LogP contribution in [0.2, 0.25) is 0 Å². The van der Waals surface area contributed by atoms with E-state index in [0.717, 1.165) is 36.0 Å². The number of nitrogens with one attached hydrogen (secondary N) is 1. The Morgan fingerprint density at radius 3 is 3.05 bits per heavy atom. The van der Waals surface area contributed by atoms with Crippen LogP contribution in [-0.4, -0.2) is 21.6 Å². The van der Waals surface area contributed by atoms with Crippen LogP contribution in [0.25, 0.3) is 0 Å². The molecule has 0 amide bonds. The van der Waals surface area contributed by atoms with Crippen LogP contribution in [0.1, 0.15) is 18.3 Å². The highest BCUT2D eigenvalue weighted by Crippen LogP contribution is 2.32. The van der Waals surface area contributed by atoms with Gasteiger partial charge in [0.25, 0.3) is 0 Å². The Balaban J connectivity index is 1.58. The number of fused-ring (bicyclic) bond motifs is 1. The molecule has 0 saturated heterocycles. The Morgan fingerprint density at radius 1 is 1.26 bits per heavy atom. The molecular formula is C13H16N4O2. The zero-order valence-corrected chi connectivity index (χ0v) is 10.8. The van der Waals surface area contributed by atoms with Crippen LogP contribution >= 0.6 is 0 Å². The molecule has 0 bridgehead atoms. The number of rotatable bonds is 5. The van der Waals surface area contributed by atoms with Crippen LogP contribution in [0.3, 0.4) is 0 Å². The molecule has 1 aliphatic heterocycles. The zero-order chi connectivity index (χ0) is 13.1. The fourth-order valence-electron chi connectivity index (χ4n) is 2.05. The molecule has 0 unspecified atom stereocenters. The van der Waals surface area contributed by atoms with Gasteiger partial charge >= 0.3 is 0 Å². The van der Waals surface area contributed by atoms with Crippen molar-refractivity contribution in [3.8, 4) is 11.5 Å². The highest BCUT2D eigenvalue weighted by Gasteiger charge is 2.12. The molecule has 1 N–H and O–H groups in total. The van der Waals surface area contributed by atoms with Gasteiger partial charge in [-0.1, -0.05) is 6.07 Å². The number of aromatic nitrogens is 3. The topological polar surface area (TPSA) is 61.2 Å². The van der Waals surface area contributed by atoms with Gasteiger partial charge in [-0.3, -0.25) is 0 Å². The van der Waals surface area contributed by atoms with E-state index in [1.165, 1.54) is 0 Å². The first kappa shape index (κ1) is 12.0. The van der Waals surface area contributed by atoms with Crippen molar-refractivity contribution in [2.24, 2.45) is 0 Å². The maximum absolute atomic E-state index is 5.35. The molecule has 2 aromatic rings. The molecule has 0 spiro atoms. The summed E-state index contributed by atoms with van der Waals surface area (Å²) < 4.78 is 12.7. The summed E-state index contributed by atoms with van der Waals surface area (Å²) in [6.45, 7) is 4.72. The lowest BCUT2D eigenvalue weighted by Gasteiger charge is -2.06. The molecule has 1 aliphatic rings. The first-order valence-corrected chi connectivity index (χ1v) is 6.32. The first-order valence-electron chi connectivity index (χ1n) is 6.32. The molecule has 100 valence electrons. The summed E-state index contributed by atoms with van der Waals surface area (Å²) in [6, 6.07) is 5.97. The van der Waals surface area contributed by atoms with Gasteiger partial charge in [-0.25, -0.2) is 0 Å². The van der Waals surface area contributed by atoms with Gasteiger partial charge in [-0.2, -0.15) is 0 Å². The van der Waals surface area contributed by atoms with Crippen molar-refractivity contribution in [1.29, 1.82) is 0 Å². The summed E-state index contributed by atoms with van der Waals surface area (Å²) in [4.78, 5) is 0. The van der Waals surface area contributed by atoms with Crippen LogP contribution in [0.4, 0.5) is 0 Å². The molecule has 3 rings (SSSR count). The number of ether oxygens (including phenoxy) is 2. The second-order valence-electron chi connectivity index (χ2n) is 4.32. The normalized spacial score (nSPS) is 12.9. The number of benzene rings is 1. The van der Waals surface area contributed by atoms with E-state index in [1.54, 1.807) is 6.33 Å². The van der Waals surface area contributed by atoms with Gasteiger partial charge in [0.05, 0.1) is 6.54 Å². The molecule has 0 saturated carbocycles. The number of nitrogens with zero attached hydrogens (tertiary/aromatic N) is 3. The van der Waals surface area contributed by atoms with E-state index in [2.05, 4.69) is 22.4 Å². The van der Waals surface area contributed by atoms with Crippen molar-refractivity contribution in [2.75, 3.05) is 6.79 Å². The quantitative estimate of drug-likeness (QED) is 0.878. The predicted molar refractivity (Wildman–Crippen MR) is 68.8 cm³/mol. The minimum Gasteiger partial charge on any atom is -0.454 e. The fourth-order valence-corrected chi connectivity index (χ4v) is 2.05. The van der Waals surface area contributed by atoms with Crippen LogP contribution in [0.5, 0.6) is 11.5 Å². The van der Waals surface area contributed by atoms with Gasteiger partial charge < -0.3 is 19.4 Å². The fraction of sp³-hybridized carbons (Fsp3) is 0.385. The standard InChI is InChI=1S/C13H16N4O2/c1-2-17-8-15-16-13(17)7-14-6-10-3-4-11-12(5-10)19-9-18-11/h3-5,8,14H,2,6-7,9H2,1H3. The van der Waals surface area contributed by atoms with Crippen LogP contribution in [0, 0.1) is 0 Å². The smallest absolute Gasteiger partial charge is 0.231 e. The highest BCUT2D eigenvalue weighted by atomic mass is 16.7. The van der Waals surface area contributed by atoms with E-state index in [0.29, 0.717) is 13.3 Å². The Morgan fingerprint density at radius 2 is 2.16 bits per heavy atom. The largest absolute Gasteiger partial charge is 0.454 e. The molecule has 0 fully saturated rings. The van der Waals surface area contributed by atoms with Crippen LogP contribution in [0.15, 0.2) is 24.5 Å². The molecule has 1 aromatic heterocycles. The SMILES string of the molecule is CCn1cnnc1CNCc1ccc2c(c1)OCO2. The maximum Gasteiger partial charge on any atom is 0.231 e. The van der Waals surface area contributed by atoms with E-state index >= 15 is 0 Å². The third-order valence-electron chi connectivity index (χ3n) is 3.09. The molecule has 0 radical (unpaired) electrons. The molecule has 0 aliphatic carbocycles. The summed E-state index contributed by atoms with van der Waals surface area (Å²) in [5.74, 6) is 2.58. The van der Waals surface area contributed by atoms with Gasteiger partial charge in [0, 0.05) is 13.1 Å². The lowest BCUT2D eigenvalue weighted by molar-refractivity contribution is 0.174. The van der Waals surface area contributed by atoms with E-state index < -0.39 is 0 Å². The second-order valence-corrected chi connectivity index (χ2v) is 4.32. The van der Waals surface area contributed by atoms with Gasteiger partial charge in [0.1, 0.15) is 12.2 Å². The van der Waals surface area contributed by atoms with Crippen molar-refractivity contribution >= 4 is 0 Å². The van der Waals surface area contributed by atoms with Gasteiger partial charge in [0.15, 0.2) is 11.5 Å². The monoisotopic (exact) mass is 260 g/mol. The number of hydrogen-bond acceptors (Lipinski definition) is 5. The molecule has 6 nitrogen and oxygen atoms in total. The summed E-state index contributed by atoms with van der Waals surface area (Å²) >= 11 is 0. The van der Waals surface area contributed by atoms with E-state index in [1.807, 2.05) is 22.8 Å². The third-order valence-corrected chi connectivity index (χ3v) is 3.09. The maximum atomic E-state index is 5.35. The lowest BCUT2D eigenvalue weighted by Crippen LogP contribution is -2.16. The molecule has 0 atom stereocenters. The molecule has 19 heavy (non-hydrogen) atoms. The van der Waals surface area contributed by atoms with Gasteiger partial charge in [-0.05, 0) is 24.6 Å². The predicted octanol–water partition coefficient (Wildman–Crippen LogP) is 1.32. The van der Waals surface area contributed by atoms with Crippen LogP contribution in [-0.2, 0) is 19.6 Å². The average Bonchev–Trinajstić information content (AvgIpc) is 3.06. The minimum absolute atomic E-state index is 0.311. The molecule has 1 aromatic carbocycles. The third kappa shape index (κ3) is 2.53. The number of hydrogen-bond donors (Lipinski definition) is 1. The molecule has 2 heterocycles. The Hall–Kier alpha value is -2.08. The Labute approximate surface area is 111 Å². The van der Waals surface area contributed by atoms with Crippen molar-refractivity contribution in [2.45, 2.75) is 26.6 Å². The average molecular weight is 260 g/mol. The summed E-state index contributed by atoms with van der Waals surface area (Å²) in [7, 11) is 0. The Bertz CT molecular complexity index is 568. The van der Waals surface area contributed by atoms with E-state index in [9.17, 15) is 0 Å². The van der Waals surface area contributed by atoms with E-state index in [4.69, 9.17) is 9.47 Å². The Kier molecular flexibility index (Phi) is 3.33. The number of aryl methyl sites for hydroxylation is 1. The zero-order valence-electron chi connectivity index (χ0n) is 10.8. The van der Waals surface area contributed by atoms with Crippen LogP contribution < -0.4 is 14.8 Å². The second kappa shape index (κ2) is 5.27. The molecular weight excluding hydrogens is 244 g/mol. The summed E-state index contributed by atoms with van der Waals surface area (Å²) in [5.41, 5.74) is 1.16. The first-order chi connectivity index (χ1) is 9.36. The minimum atomic E-state index is 0.311. The molecule has 6 heteroatoms. The van der Waals surface area contributed by atoms with Crippen molar-refractivity contribution in [3.05, 3.63) is 35.9 Å². The van der Waals surface area contributed by atoms with Crippen molar-refractivity contribution in [3.63, 3.8) is 0 Å². The van der Waals surface area contributed by atoms with Crippen molar-refractivity contribution in [1.82, 2.24) is 20.1 Å².